The number of hydrogen-bond acceptors (Lipinski definition) is 4. The normalized spacial score (nSPS) is 11.5. The van der Waals surface area contributed by atoms with E-state index < -0.39 is 5.91 Å². The Morgan fingerprint density at radius 2 is 1.68 bits per heavy atom. The molecule has 0 saturated carbocycles. The molecule has 1 amide bonds. The van der Waals surface area contributed by atoms with E-state index in [2.05, 4.69) is 5.43 Å². The molecule has 0 fully saturated rings. The van der Waals surface area contributed by atoms with E-state index in [-0.39, 0.29) is 17.8 Å². The number of ether oxygens (including phenoxy) is 2. The summed E-state index contributed by atoms with van der Waals surface area (Å²) >= 11 is 0. The van der Waals surface area contributed by atoms with Gasteiger partial charge >= 0.3 is 0 Å². The van der Waals surface area contributed by atoms with E-state index in [9.17, 15) is 10.1 Å². The lowest BCUT2D eigenvalue weighted by Gasteiger charge is -2.16. The minimum Gasteiger partial charge on any atom is -0.491 e. The maximum atomic E-state index is 12.6. The lowest BCUT2D eigenvalue weighted by atomic mass is 10.1. The molecule has 2 aromatic rings. The fraction of sp³-hybridized carbons (Fsp3) is 0.364. The number of aromatic nitrogens is 1. The zero-order chi connectivity index (χ0) is 20.8. The van der Waals surface area contributed by atoms with Gasteiger partial charge in [0.25, 0.3) is 5.91 Å². The van der Waals surface area contributed by atoms with Crippen LogP contribution < -0.4 is 14.9 Å². The number of nitrogens with zero attached hydrogens (tertiary/aromatic N) is 2. The van der Waals surface area contributed by atoms with Gasteiger partial charge in [0.2, 0.25) is 0 Å². The molecule has 1 aromatic heterocycles. The van der Waals surface area contributed by atoms with Crippen molar-refractivity contribution in [1.29, 1.82) is 5.26 Å². The zero-order valence-electron chi connectivity index (χ0n) is 17.2. The summed E-state index contributed by atoms with van der Waals surface area (Å²) in [4.78, 5) is 12.6. The summed E-state index contributed by atoms with van der Waals surface area (Å²) in [5.74, 6) is 0.745. The van der Waals surface area contributed by atoms with Crippen molar-refractivity contribution in [3.63, 3.8) is 0 Å². The predicted octanol–water partition coefficient (Wildman–Crippen LogP) is 4.36. The van der Waals surface area contributed by atoms with Crippen molar-refractivity contribution in [2.24, 2.45) is 0 Å². The van der Waals surface area contributed by atoms with Crippen LogP contribution in [-0.2, 0) is 4.79 Å². The van der Waals surface area contributed by atoms with E-state index in [0.29, 0.717) is 17.1 Å². The lowest BCUT2D eigenvalue weighted by molar-refractivity contribution is -0.113. The van der Waals surface area contributed by atoms with E-state index in [0.717, 1.165) is 11.4 Å². The molecule has 0 saturated heterocycles. The van der Waals surface area contributed by atoms with Crippen LogP contribution in [0.1, 0.15) is 44.6 Å². The van der Waals surface area contributed by atoms with Crippen LogP contribution in [0.5, 0.6) is 11.5 Å². The van der Waals surface area contributed by atoms with Crippen LogP contribution in [0.4, 0.5) is 0 Å². The molecule has 28 heavy (non-hydrogen) atoms. The lowest BCUT2D eigenvalue weighted by Crippen LogP contribution is -2.25. The van der Waals surface area contributed by atoms with Crippen LogP contribution in [0.15, 0.2) is 35.9 Å². The van der Waals surface area contributed by atoms with Crippen molar-refractivity contribution >= 4 is 12.0 Å². The third-order valence-corrected chi connectivity index (χ3v) is 3.87. The Balaban J connectivity index is 2.36. The highest BCUT2D eigenvalue weighted by Gasteiger charge is 2.14. The summed E-state index contributed by atoms with van der Waals surface area (Å²) in [6, 6.07) is 11.1. The van der Waals surface area contributed by atoms with Crippen molar-refractivity contribution in [3.05, 3.63) is 52.9 Å². The monoisotopic (exact) mass is 381 g/mol. The molecule has 0 atom stereocenters. The fourth-order valence-corrected chi connectivity index (χ4v) is 2.65. The first-order valence-corrected chi connectivity index (χ1v) is 9.26. The van der Waals surface area contributed by atoms with Gasteiger partial charge in [-0.2, -0.15) is 5.26 Å². The molecule has 0 unspecified atom stereocenters. The van der Waals surface area contributed by atoms with Crippen LogP contribution in [0, 0.1) is 25.2 Å². The summed E-state index contributed by atoms with van der Waals surface area (Å²) < 4.78 is 13.2. The Kier molecular flexibility index (Phi) is 6.89. The number of nitriles is 1. The van der Waals surface area contributed by atoms with Gasteiger partial charge in [-0.05, 0) is 71.9 Å². The van der Waals surface area contributed by atoms with Crippen LogP contribution in [0.3, 0.4) is 0 Å². The molecule has 0 radical (unpaired) electrons. The Labute approximate surface area is 166 Å². The van der Waals surface area contributed by atoms with Crippen LogP contribution in [0.25, 0.3) is 6.08 Å². The second kappa shape index (κ2) is 9.14. The van der Waals surface area contributed by atoms with E-state index in [1.165, 1.54) is 6.08 Å². The molecule has 0 spiro atoms. The summed E-state index contributed by atoms with van der Waals surface area (Å²) in [5, 5.41) is 9.52. The molecule has 6 heteroatoms. The van der Waals surface area contributed by atoms with Gasteiger partial charge in [-0.25, -0.2) is 0 Å². The number of benzene rings is 1. The minimum absolute atomic E-state index is 0.0152. The zero-order valence-corrected chi connectivity index (χ0v) is 17.2. The second-order valence-corrected chi connectivity index (χ2v) is 7.10. The molecule has 6 nitrogen and oxygen atoms in total. The maximum absolute atomic E-state index is 12.6. The topological polar surface area (TPSA) is 76.3 Å². The summed E-state index contributed by atoms with van der Waals surface area (Å²) in [5.41, 5.74) is 5.12. The second-order valence-electron chi connectivity index (χ2n) is 7.10. The van der Waals surface area contributed by atoms with Gasteiger partial charge in [-0.1, -0.05) is 0 Å². The summed E-state index contributed by atoms with van der Waals surface area (Å²) in [6.07, 6.45) is 1.49. The molecule has 0 bridgehead atoms. The highest BCUT2D eigenvalue weighted by molar-refractivity contribution is 6.06. The number of aryl methyl sites for hydroxylation is 2. The van der Waals surface area contributed by atoms with Crippen molar-refractivity contribution in [3.8, 4) is 17.6 Å². The van der Waals surface area contributed by atoms with E-state index in [4.69, 9.17) is 9.47 Å². The Hall–Kier alpha value is -3.20. The third kappa shape index (κ3) is 5.40. The molecule has 2 rings (SSSR count). The Morgan fingerprint density at radius 1 is 1.07 bits per heavy atom. The molecule has 0 aliphatic heterocycles. The molecule has 1 aromatic carbocycles. The van der Waals surface area contributed by atoms with Gasteiger partial charge in [0.05, 0.1) is 12.2 Å². The fourth-order valence-electron chi connectivity index (χ4n) is 2.65. The van der Waals surface area contributed by atoms with E-state index >= 15 is 0 Å². The highest BCUT2D eigenvalue weighted by Crippen LogP contribution is 2.28. The van der Waals surface area contributed by atoms with Gasteiger partial charge in [0, 0.05) is 23.0 Å². The largest absolute Gasteiger partial charge is 0.491 e. The number of carbonyl (C=O) groups excluding carboxylic acids is 1. The number of nitrogens with one attached hydrogen (secondary N) is 1. The van der Waals surface area contributed by atoms with Crippen LogP contribution in [0.2, 0.25) is 0 Å². The molecule has 0 aliphatic carbocycles. The first-order valence-electron chi connectivity index (χ1n) is 9.26. The molecular formula is C22H27N3O3. The quantitative estimate of drug-likeness (QED) is 0.571. The standard InChI is InChI=1S/C22H27N3O3/c1-14(2)27-20-10-9-18(21(12-20)28-15(3)4)11-19(13-23)22(26)24-25-16(5)7-8-17(25)6/h7-12,14-15H,1-6H3,(H,24,26)/b19-11-. The third-order valence-electron chi connectivity index (χ3n) is 3.87. The molecule has 1 N–H and O–H groups in total. The highest BCUT2D eigenvalue weighted by atomic mass is 16.5. The summed E-state index contributed by atoms with van der Waals surface area (Å²) in [7, 11) is 0. The van der Waals surface area contributed by atoms with Gasteiger partial charge in [-0.3, -0.25) is 14.9 Å². The maximum Gasteiger partial charge on any atom is 0.280 e. The molecule has 1 heterocycles. The average Bonchev–Trinajstić information content (AvgIpc) is 2.92. The molecule has 148 valence electrons. The predicted molar refractivity (Wildman–Crippen MR) is 110 cm³/mol. The van der Waals surface area contributed by atoms with Gasteiger partial charge in [-0.15, -0.1) is 0 Å². The SMILES string of the molecule is Cc1ccc(C)n1NC(=O)/C(C#N)=C\c1ccc(OC(C)C)cc1OC(C)C. The van der Waals surface area contributed by atoms with Crippen molar-refractivity contribution < 1.29 is 14.3 Å². The number of amides is 1. The van der Waals surface area contributed by atoms with Crippen molar-refractivity contribution in [2.75, 3.05) is 5.43 Å². The average molecular weight is 381 g/mol. The van der Waals surface area contributed by atoms with E-state index in [1.54, 1.807) is 22.9 Å². The minimum atomic E-state index is -0.483. The van der Waals surface area contributed by atoms with Gasteiger partial charge in [0.1, 0.15) is 23.1 Å². The van der Waals surface area contributed by atoms with Crippen LogP contribution >= 0.6 is 0 Å². The van der Waals surface area contributed by atoms with Crippen molar-refractivity contribution in [2.45, 2.75) is 53.8 Å². The van der Waals surface area contributed by atoms with Crippen LogP contribution in [-0.4, -0.2) is 22.8 Å². The van der Waals surface area contributed by atoms with Gasteiger partial charge in [0.15, 0.2) is 0 Å². The van der Waals surface area contributed by atoms with Gasteiger partial charge < -0.3 is 9.47 Å². The summed E-state index contributed by atoms with van der Waals surface area (Å²) in [6.45, 7) is 11.5. The Bertz CT molecular complexity index is 898. The first-order chi connectivity index (χ1) is 13.2. The number of hydrogen-bond donors (Lipinski definition) is 1. The first kappa shape index (κ1) is 21.1. The smallest absolute Gasteiger partial charge is 0.280 e. The van der Waals surface area contributed by atoms with E-state index in [1.807, 2.05) is 59.7 Å². The van der Waals surface area contributed by atoms with Crippen molar-refractivity contribution in [1.82, 2.24) is 4.68 Å². The molecule has 0 aliphatic rings. The Morgan fingerprint density at radius 3 is 2.21 bits per heavy atom. The molecular weight excluding hydrogens is 354 g/mol. The number of carbonyl (C=O) groups is 1. The number of rotatable bonds is 7.